The molecule has 27 heavy (non-hydrogen) atoms. The highest BCUT2D eigenvalue weighted by Gasteiger charge is 2.11. The molecule has 3 rings (SSSR count). The van der Waals surface area contributed by atoms with Crippen molar-refractivity contribution in [2.24, 2.45) is 0 Å². The highest BCUT2D eigenvalue weighted by atomic mass is 32.2. The first kappa shape index (κ1) is 19.4. The molecule has 2 N–H and O–H groups in total. The Morgan fingerprint density at radius 3 is 2.74 bits per heavy atom. The molecule has 0 atom stereocenters. The number of aromatic amines is 1. The maximum Gasteiger partial charge on any atom is 0.251 e. The molecule has 1 aliphatic heterocycles. The average molecular weight is 388 g/mol. The molecule has 0 unspecified atom stereocenters. The summed E-state index contributed by atoms with van der Waals surface area (Å²) in [5.74, 6) is 0.0478. The summed E-state index contributed by atoms with van der Waals surface area (Å²) in [6, 6.07) is 9.30. The molecular formula is C19H24N4O3S. The molecule has 0 aliphatic carbocycles. The van der Waals surface area contributed by atoms with Crippen LogP contribution in [0.1, 0.15) is 19.0 Å². The average Bonchev–Trinajstić information content (AvgIpc) is 2.68. The molecule has 0 radical (unpaired) electrons. The van der Waals surface area contributed by atoms with Gasteiger partial charge >= 0.3 is 0 Å². The van der Waals surface area contributed by atoms with Crippen LogP contribution in [0.2, 0.25) is 0 Å². The van der Waals surface area contributed by atoms with E-state index in [0.717, 1.165) is 56.2 Å². The van der Waals surface area contributed by atoms with Gasteiger partial charge in [-0.05, 0) is 30.7 Å². The summed E-state index contributed by atoms with van der Waals surface area (Å²) < 4.78 is 5.36. The highest BCUT2D eigenvalue weighted by Crippen LogP contribution is 2.19. The van der Waals surface area contributed by atoms with E-state index in [-0.39, 0.29) is 17.2 Å². The molecule has 1 saturated heterocycles. The molecule has 0 saturated carbocycles. The Balaban J connectivity index is 1.52. The molecule has 1 aromatic heterocycles. The minimum absolute atomic E-state index is 0.136. The zero-order chi connectivity index (χ0) is 19.1. The fraction of sp³-hybridized carbons (Fsp3) is 0.421. The van der Waals surface area contributed by atoms with Gasteiger partial charge in [0.05, 0.1) is 19.0 Å². The second-order valence-electron chi connectivity index (χ2n) is 6.28. The van der Waals surface area contributed by atoms with Gasteiger partial charge in [-0.1, -0.05) is 25.1 Å². The number of aromatic nitrogens is 2. The predicted molar refractivity (Wildman–Crippen MR) is 108 cm³/mol. The number of carbonyl (C=O) groups is 1. The van der Waals surface area contributed by atoms with Crippen molar-refractivity contribution in [3.05, 3.63) is 46.4 Å². The van der Waals surface area contributed by atoms with Crippen molar-refractivity contribution in [1.29, 1.82) is 0 Å². The maximum absolute atomic E-state index is 12.2. The van der Waals surface area contributed by atoms with Gasteiger partial charge in [-0.15, -0.1) is 0 Å². The van der Waals surface area contributed by atoms with E-state index in [4.69, 9.17) is 4.74 Å². The fourth-order valence-corrected chi connectivity index (χ4v) is 3.54. The maximum atomic E-state index is 12.2. The molecule has 0 bridgehead atoms. The monoisotopic (exact) mass is 388 g/mol. The van der Waals surface area contributed by atoms with Crippen LogP contribution in [-0.2, 0) is 16.0 Å². The van der Waals surface area contributed by atoms with Gasteiger partial charge in [-0.25, -0.2) is 4.98 Å². The van der Waals surface area contributed by atoms with Crippen LogP contribution in [0.3, 0.4) is 0 Å². The van der Waals surface area contributed by atoms with E-state index in [1.807, 2.05) is 31.2 Å². The first-order valence-corrected chi connectivity index (χ1v) is 10.1. The number of morpholine rings is 1. The largest absolute Gasteiger partial charge is 0.378 e. The van der Waals surface area contributed by atoms with Gasteiger partial charge in [0.25, 0.3) is 5.56 Å². The van der Waals surface area contributed by atoms with Crippen LogP contribution in [0.4, 0.5) is 11.4 Å². The number of H-pyrrole nitrogens is 1. The Bertz CT molecular complexity index is 816. The number of nitrogens with one attached hydrogen (secondary N) is 2. The van der Waals surface area contributed by atoms with E-state index in [1.165, 1.54) is 17.8 Å². The summed E-state index contributed by atoms with van der Waals surface area (Å²) in [4.78, 5) is 33.2. The van der Waals surface area contributed by atoms with Gasteiger partial charge in [0, 0.05) is 36.2 Å². The van der Waals surface area contributed by atoms with E-state index in [2.05, 4.69) is 20.2 Å². The lowest BCUT2D eigenvalue weighted by Gasteiger charge is -2.28. The smallest absolute Gasteiger partial charge is 0.251 e. The molecule has 1 aromatic carbocycles. The quantitative estimate of drug-likeness (QED) is 0.559. The van der Waals surface area contributed by atoms with Crippen LogP contribution in [-0.4, -0.2) is 47.9 Å². The molecule has 1 fully saturated rings. The number of hydrogen-bond donors (Lipinski definition) is 2. The third kappa shape index (κ3) is 5.83. The zero-order valence-corrected chi connectivity index (χ0v) is 16.2. The zero-order valence-electron chi connectivity index (χ0n) is 15.4. The number of anilines is 2. The van der Waals surface area contributed by atoms with E-state index in [1.54, 1.807) is 0 Å². The molecule has 144 valence electrons. The number of ether oxygens (including phenoxy) is 1. The number of aryl methyl sites for hydroxylation is 1. The van der Waals surface area contributed by atoms with Crippen molar-refractivity contribution in [3.63, 3.8) is 0 Å². The Kier molecular flexibility index (Phi) is 6.89. The summed E-state index contributed by atoms with van der Waals surface area (Å²) in [5, 5.41) is 3.35. The molecule has 8 heteroatoms. The van der Waals surface area contributed by atoms with Crippen molar-refractivity contribution < 1.29 is 9.53 Å². The lowest BCUT2D eigenvalue weighted by molar-refractivity contribution is -0.113. The summed E-state index contributed by atoms with van der Waals surface area (Å²) >= 11 is 1.23. The van der Waals surface area contributed by atoms with E-state index in [0.29, 0.717) is 5.16 Å². The molecule has 2 heterocycles. The molecule has 7 nitrogen and oxygen atoms in total. The minimum Gasteiger partial charge on any atom is -0.378 e. The predicted octanol–water partition coefficient (Wildman–Crippen LogP) is 2.29. The number of thioether (sulfide) groups is 1. The topological polar surface area (TPSA) is 87.3 Å². The van der Waals surface area contributed by atoms with Gasteiger partial charge < -0.3 is 19.9 Å². The van der Waals surface area contributed by atoms with Crippen LogP contribution in [0.5, 0.6) is 0 Å². The number of benzene rings is 1. The number of amides is 1. The Hall–Kier alpha value is -2.32. The van der Waals surface area contributed by atoms with Gasteiger partial charge in [0.15, 0.2) is 5.16 Å². The van der Waals surface area contributed by atoms with E-state index < -0.39 is 0 Å². The third-order valence-corrected chi connectivity index (χ3v) is 5.02. The highest BCUT2D eigenvalue weighted by molar-refractivity contribution is 7.99. The number of nitrogens with zero attached hydrogens (tertiary/aromatic N) is 2. The van der Waals surface area contributed by atoms with Crippen molar-refractivity contribution in [1.82, 2.24) is 9.97 Å². The molecule has 0 spiro atoms. The normalized spacial score (nSPS) is 14.2. The minimum atomic E-state index is -0.185. The molecule has 1 amide bonds. The third-order valence-electron chi connectivity index (χ3n) is 4.15. The van der Waals surface area contributed by atoms with Crippen LogP contribution in [0, 0.1) is 0 Å². The van der Waals surface area contributed by atoms with Crippen LogP contribution in [0.25, 0.3) is 0 Å². The number of hydrogen-bond acceptors (Lipinski definition) is 6. The molecule has 1 aliphatic rings. The summed E-state index contributed by atoms with van der Waals surface area (Å²) in [6.07, 6.45) is 1.67. The second-order valence-corrected chi connectivity index (χ2v) is 7.24. The first-order chi connectivity index (χ1) is 13.1. The molecular weight excluding hydrogens is 364 g/mol. The summed E-state index contributed by atoms with van der Waals surface area (Å²) in [5.41, 5.74) is 2.44. The number of carbonyl (C=O) groups excluding carboxylic acids is 1. The van der Waals surface area contributed by atoms with Gasteiger partial charge in [0.1, 0.15) is 0 Å². The lowest BCUT2D eigenvalue weighted by atomic mass is 10.2. The summed E-state index contributed by atoms with van der Waals surface area (Å²) in [7, 11) is 0. The SMILES string of the molecule is CCCc1cc(=O)[nH]c(SCC(=O)Nc2ccc(N3CCOCC3)cc2)n1. The Morgan fingerprint density at radius 2 is 2.04 bits per heavy atom. The van der Waals surface area contributed by atoms with Crippen LogP contribution >= 0.6 is 11.8 Å². The van der Waals surface area contributed by atoms with Gasteiger partial charge in [-0.2, -0.15) is 0 Å². The second kappa shape index (κ2) is 9.57. The Labute approximate surface area is 162 Å². The lowest BCUT2D eigenvalue weighted by Crippen LogP contribution is -2.36. The molecule has 2 aromatic rings. The van der Waals surface area contributed by atoms with Crippen LogP contribution < -0.4 is 15.8 Å². The number of rotatable bonds is 7. The van der Waals surface area contributed by atoms with Gasteiger partial charge in [0.2, 0.25) is 5.91 Å². The van der Waals surface area contributed by atoms with Crippen LogP contribution in [0.15, 0.2) is 40.3 Å². The van der Waals surface area contributed by atoms with Crippen molar-refractivity contribution in [2.45, 2.75) is 24.9 Å². The van der Waals surface area contributed by atoms with Crippen molar-refractivity contribution >= 4 is 29.0 Å². The summed E-state index contributed by atoms with van der Waals surface area (Å²) in [6.45, 7) is 5.28. The van der Waals surface area contributed by atoms with E-state index >= 15 is 0 Å². The fourth-order valence-electron chi connectivity index (χ4n) is 2.84. The van der Waals surface area contributed by atoms with Crippen molar-refractivity contribution in [3.8, 4) is 0 Å². The standard InChI is InChI=1S/C19H24N4O3S/c1-2-3-15-12-17(24)22-19(21-15)27-13-18(25)20-14-4-6-16(7-5-14)23-8-10-26-11-9-23/h4-7,12H,2-3,8-11,13H2,1H3,(H,20,25)(H,21,22,24). The Morgan fingerprint density at radius 1 is 1.30 bits per heavy atom. The van der Waals surface area contributed by atoms with Crippen molar-refractivity contribution in [2.75, 3.05) is 42.3 Å². The first-order valence-electron chi connectivity index (χ1n) is 9.09. The van der Waals surface area contributed by atoms with Gasteiger partial charge in [-0.3, -0.25) is 9.59 Å². The van der Waals surface area contributed by atoms with E-state index in [9.17, 15) is 9.59 Å².